The molecule has 0 radical (unpaired) electrons. The number of hydrogen-bond donors (Lipinski definition) is 2. The van der Waals surface area contributed by atoms with Gasteiger partial charge in [-0.25, -0.2) is 9.59 Å². The van der Waals surface area contributed by atoms with Gasteiger partial charge in [-0.15, -0.1) is 0 Å². The quantitative estimate of drug-likeness (QED) is 0.403. The lowest BCUT2D eigenvalue weighted by atomic mass is 9.81. The molecule has 4 heteroatoms. The van der Waals surface area contributed by atoms with E-state index in [4.69, 9.17) is 0 Å². The molecule has 0 heterocycles. The molecule has 33 heavy (non-hydrogen) atoms. The smallest absolute Gasteiger partial charge is 0.336 e. The van der Waals surface area contributed by atoms with E-state index in [0.717, 1.165) is 36.0 Å². The highest BCUT2D eigenvalue weighted by Crippen LogP contribution is 2.44. The molecule has 1 aliphatic carbocycles. The summed E-state index contributed by atoms with van der Waals surface area (Å²) in [5.74, 6) is -1.16. The molecular formula is C29H30O4. The van der Waals surface area contributed by atoms with Crippen LogP contribution < -0.4 is 0 Å². The zero-order valence-corrected chi connectivity index (χ0v) is 19.2. The summed E-state index contributed by atoms with van der Waals surface area (Å²) < 4.78 is 0. The second kappa shape index (κ2) is 9.62. The summed E-state index contributed by atoms with van der Waals surface area (Å²) >= 11 is 0. The van der Waals surface area contributed by atoms with E-state index in [0.29, 0.717) is 23.0 Å². The standard InChI is InChI=1S/C29H30O4/c1-18(2)15-21-16-20(19-9-3-4-10-19)17-26(22-11-5-7-13-24(22)28(30)31)27(21)23-12-6-8-14-25(23)29(32)33/h5-8,11-14,16-19H,3-4,9-10,15H2,1-2H3,(H,30,31)(H,32,33). The number of benzene rings is 3. The van der Waals surface area contributed by atoms with E-state index >= 15 is 0 Å². The van der Waals surface area contributed by atoms with Crippen LogP contribution in [0.2, 0.25) is 0 Å². The fourth-order valence-electron chi connectivity index (χ4n) is 5.15. The van der Waals surface area contributed by atoms with Crippen molar-refractivity contribution in [3.63, 3.8) is 0 Å². The van der Waals surface area contributed by atoms with Crippen LogP contribution in [-0.2, 0) is 6.42 Å². The maximum absolute atomic E-state index is 12.1. The molecule has 2 N–H and O–H groups in total. The molecular weight excluding hydrogens is 412 g/mol. The van der Waals surface area contributed by atoms with Gasteiger partial charge in [0.15, 0.2) is 0 Å². The van der Waals surface area contributed by atoms with E-state index in [1.807, 2.05) is 24.3 Å². The van der Waals surface area contributed by atoms with Crippen LogP contribution in [0.3, 0.4) is 0 Å². The Kier molecular flexibility index (Phi) is 6.64. The second-order valence-corrected chi connectivity index (χ2v) is 9.38. The number of carboxylic acid groups (broad SMARTS) is 2. The number of rotatable bonds is 7. The summed E-state index contributed by atoms with van der Waals surface area (Å²) in [6.45, 7) is 4.31. The Morgan fingerprint density at radius 1 is 0.818 bits per heavy atom. The van der Waals surface area contributed by atoms with Crippen LogP contribution in [0.25, 0.3) is 22.3 Å². The third-order valence-corrected chi connectivity index (χ3v) is 6.57. The molecule has 1 aliphatic rings. The molecule has 0 saturated heterocycles. The van der Waals surface area contributed by atoms with Crippen molar-refractivity contribution in [3.05, 3.63) is 82.9 Å². The molecule has 3 aromatic rings. The molecule has 0 aliphatic heterocycles. The van der Waals surface area contributed by atoms with Crippen molar-refractivity contribution in [1.29, 1.82) is 0 Å². The van der Waals surface area contributed by atoms with E-state index in [1.165, 1.54) is 18.4 Å². The van der Waals surface area contributed by atoms with Crippen molar-refractivity contribution in [1.82, 2.24) is 0 Å². The van der Waals surface area contributed by atoms with E-state index in [9.17, 15) is 19.8 Å². The minimum Gasteiger partial charge on any atom is -0.478 e. The van der Waals surface area contributed by atoms with Crippen molar-refractivity contribution in [2.45, 2.75) is 51.9 Å². The summed E-state index contributed by atoms with van der Waals surface area (Å²) in [4.78, 5) is 24.3. The zero-order valence-electron chi connectivity index (χ0n) is 19.2. The first-order chi connectivity index (χ1) is 15.9. The highest BCUT2D eigenvalue weighted by Gasteiger charge is 2.25. The summed E-state index contributed by atoms with van der Waals surface area (Å²) in [5, 5.41) is 19.9. The molecule has 0 amide bonds. The summed E-state index contributed by atoms with van der Waals surface area (Å²) in [6.07, 6.45) is 5.45. The monoisotopic (exact) mass is 442 g/mol. The average Bonchev–Trinajstić information content (AvgIpc) is 3.33. The Bertz CT molecular complexity index is 1190. The van der Waals surface area contributed by atoms with Crippen molar-refractivity contribution in [2.24, 2.45) is 5.92 Å². The van der Waals surface area contributed by atoms with Crippen molar-refractivity contribution >= 4 is 11.9 Å². The van der Waals surface area contributed by atoms with Crippen LogP contribution in [0, 0.1) is 5.92 Å². The largest absolute Gasteiger partial charge is 0.478 e. The fourth-order valence-corrected chi connectivity index (χ4v) is 5.15. The van der Waals surface area contributed by atoms with Gasteiger partial charge < -0.3 is 10.2 Å². The van der Waals surface area contributed by atoms with Crippen LogP contribution in [-0.4, -0.2) is 22.2 Å². The van der Waals surface area contributed by atoms with Crippen molar-refractivity contribution in [2.75, 3.05) is 0 Å². The molecule has 170 valence electrons. The normalized spacial score (nSPS) is 14.0. The minimum absolute atomic E-state index is 0.227. The third kappa shape index (κ3) is 4.70. The molecule has 0 atom stereocenters. The van der Waals surface area contributed by atoms with E-state index in [2.05, 4.69) is 26.0 Å². The van der Waals surface area contributed by atoms with Gasteiger partial charge in [-0.05, 0) is 76.6 Å². The van der Waals surface area contributed by atoms with Crippen LogP contribution >= 0.6 is 0 Å². The Morgan fingerprint density at radius 2 is 1.36 bits per heavy atom. The Hall–Kier alpha value is -3.40. The SMILES string of the molecule is CC(C)Cc1cc(C2CCCC2)cc(-c2ccccc2C(=O)O)c1-c1ccccc1C(=O)O. The Morgan fingerprint density at radius 3 is 1.94 bits per heavy atom. The van der Waals surface area contributed by atoms with Gasteiger partial charge in [0.1, 0.15) is 0 Å². The van der Waals surface area contributed by atoms with Gasteiger partial charge in [-0.3, -0.25) is 0 Å². The predicted octanol–water partition coefficient (Wildman–Crippen LogP) is 7.27. The van der Waals surface area contributed by atoms with Gasteiger partial charge in [0, 0.05) is 0 Å². The summed E-state index contributed by atoms with van der Waals surface area (Å²) in [6, 6.07) is 18.4. The third-order valence-electron chi connectivity index (χ3n) is 6.57. The van der Waals surface area contributed by atoms with Gasteiger partial charge in [0.25, 0.3) is 0 Å². The highest BCUT2D eigenvalue weighted by atomic mass is 16.4. The van der Waals surface area contributed by atoms with Gasteiger partial charge >= 0.3 is 11.9 Å². The number of hydrogen-bond acceptors (Lipinski definition) is 2. The maximum atomic E-state index is 12.1. The predicted molar refractivity (Wildman–Crippen MR) is 131 cm³/mol. The Balaban J connectivity index is 2.09. The minimum atomic E-state index is -0.988. The average molecular weight is 443 g/mol. The molecule has 1 fully saturated rings. The lowest BCUT2D eigenvalue weighted by Gasteiger charge is -2.23. The maximum Gasteiger partial charge on any atom is 0.336 e. The van der Waals surface area contributed by atoms with Gasteiger partial charge in [0.2, 0.25) is 0 Å². The van der Waals surface area contributed by atoms with Gasteiger partial charge in [-0.1, -0.05) is 75.2 Å². The number of carbonyl (C=O) groups is 2. The zero-order chi connectivity index (χ0) is 23.5. The molecule has 4 nitrogen and oxygen atoms in total. The van der Waals surface area contributed by atoms with Gasteiger partial charge in [0.05, 0.1) is 11.1 Å². The fraction of sp³-hybridized carbons (Fsp3) is 0.310. The van der Waals surface area contributed by atoms with E-state index < -0.39 is 11.9 Å². The Labute approximate surface area is 194 Å². The molecule has 0 unspecified atom stereocenters. The van der Waals surface area contributed by atoms with E-state index in [1.54, 1.807) is 24.3 Å². The lowest BCUT2D eigenvalue weighted by molar-refractivity contribution is 0.0686. The first-order valence-corrected chi connectivity index (χ1v) is 11.7. The van der Waals surface area contributed by atoms with Crippen molar-refractivity contribution < 1.29 is 19.8 Å². The number of aromatic carboxylic acids is 2. The lowest BCUT2D eigenvalue weighted by Crippen LogP contribution is -2.07. The number of carboxylic acids is 2. The van der Waals surface area contributed by atoms with E-state index in [-0.39, 0.29) is 11.1 Å². The molecule has 1 saturated carbocycles. The highest BCUT2D eigenvalue weighted by molar-refractivity contribution is 6.03. The molecule has 0 bridgehead atoms. The molecule has 0 aromatic heterocycles. The van der Waals surface area contributed by atoms with Crippen LogP contribution in [0.4, 0.5) is 0 Å². The topological polar surface area (TPSA) is 74.6 Å². The molecule has 3 aromatic carbocycles. The first kappa shape index (κ1) is 22.8. The summed E-state index contributed by atoms with van der Waals surface area (Å²) in [7, 11) is 0. The van der Waals surface area contributed by atoms with Crippen molar-refractivity contribution in [3.8, 4) is 22.3 Å². The van der Waals surface area contributed by atoms with Crippen LogP contribution in [0.5, 0.6) is 0 Å². The summed E-state index contributed by atoms with van der Waals surface area (Å²) in [5.41, 5.74) is 5.67. The molecule has 0 spiro atoms. The molecule has 4 rings (SSSR count). The van der Waals surface area contributed by atoms with Crippen LogP contribution in [0.1, 0.15) is 77.3 Å². The van der Waals surface area contributed by atoms with Gasteiger partial charge in [-0.2, -0.15) is 0 Å². The second-order valence-electron chi connectivity index (χ2n) is 9.38. The van der Waals surface area contributed by atoms with Crippen LogP contribution in [0.15, 0.2) is 60.7 Å². The first-order valence-electron chi connectivity index (χ1n) is 11.7.